The van der Waals surface area contributed by atoms with Gasteiger partial charge < -0.3 is 59.8 Å². The van der Waals surface area contributed by atoms with Crippen LogP contribution in [0.25, 0.3) is 11.2 Å². The van der Waals surface area contributed by atoms with Gasteiger partial charge in [0.25, 0.3) is 29.2 Å². The highest BCUT2D eigenvalue weighted by molar-refractivity contribution is 6.08. The molecular weight excluding hydrogens is 754 g/mol. The summed E-state index contributed by atoms with van der Waals surface area (Å²) in [6.45, 7) is 0.284. The van der Waals surface area contributed by atoms with E-state index in [1.54, 1.807) is 100 Å². The van der Waals surface area contributed by atoms with Crippen LogP contribution in [0.15, 0.2) is 66.2 Å². The molecule has 304 valence electrons. The van der Waals surface area contributed by atoms with Gasteiger partial charge in [0.15, 0.2) is 11.2 Å². The van der Waals surface area contributed by atoms with Crippen LogP contribution in [0, 0.1) is 0 Å². The van der Waals surface area contributed by atoms with Crippen LogP contribution in [0.3, 0.4) is 0 Å². The summed E-state index contributed by atoms with van der Waals surface area (Å²) >= 11 is 0. The predicted octanol–water partition coefficient (Wildman–Crippen LogP) is 1.10. The molecular formula is C37H43N13O8. The van der Waals surface area contributed by atoms with E-state index >= 15 is 0 Å². The number of aryl methyl sites for hydroxylation is 4. The normalized spacial score (nSPS) is 16.4. The summed E-state index contributed by atoms with van der Waals surface area (Å²) in [6.07, 6.45) is 6.41. The Morgan fingerprint density at radius 3 is 1.93 bits per heavy atom. The lowest BCUT2D eigenvalue weighted by Gasteiger charge is -2.14. The Morgan fingerprint density at radius 1 is 0.828 bits per heavy atom. The Kier molecular flexibility index (Phi) is 11.0. The van der Waals surface area contributed by atoms with Gasteiger partial charge in [-0.2, -0.15) is 4.98 Å². The van der Waals surface area contributed by atoms with Crippen molar-refractivity contribution in [3.05, 3.63) is 94.6 Å². The molecule has 8 N–H and O–H groups in total. The quantitative estimate of drug-likeness (QED) is 0.0724. The van der Waals surface area contributed by atoms with Crippen LogP contribution in [-0.4, -0.2) is 104 Å². The number of aromatic nitrogens is 8. The fourth-order valence-electron chi connectivity index (χ4n) is 6.72. The number of aliphatic hydroxyl groups is 2. The first-order valence-corrected chi connectivity index (χ1v) is 18.3. The third kappa shape index (κ3) is 8.12. The van der Waals surface area contributed by atoms with Gasteiger partial charge in [0.1, 0.15) is 35.1 Å². The summed E-state index contributed by atoms with van der Waals surface area (Å²) in [4.78, 5) is 76.0. The molecule has 4 amide bonds. The number of H-pyrrole nitrogens is 1. The maximum atomic E-state index is 13.3. The molecule has 58 heavy (non-hydrogen) atoms. The van der Waals surface area contributed by atoms with Crippen molar-refractivity contribution < 1.29 is 34.1 Å². The van der Waals surface area contributed by atoms with E-state index < -0.39 is 35.8 Å². The van der Waals surface area contributed by atoms with Crippen LogP contribution in [0.1, 0.15) is 61.0 Å². The summed E-state index contributed by atoms with van der Waals surface area (Å²) in [5, 5.41) is 33.8. The SMILES string of the molecule is Cn1cc(NC(=O)c2cc(NC(=O)c3cc(NC(=O)c4cccn4C)cn3C)cn2C)cc1C(=O)NCCCNc1nc2c(ncn2[C@H]2CC(O)[C@@H](CO)O2)c(=O)[nH]1. The lowest BCUT2D eigenvalue weighted by molar-refractivity contribution is -0.0432. The number of imidazole rings is 1. The molecule has 0 radical (unpaired) electrons. The van der Waals surface area contributed by atoms with E-state index in [1.165, 1.54) is 12.4 Å². The molecule has 1 fully saturated rings. The number of fused-ring (bicyclic) bond motifs is 1. The summed E-state index contributed by atoms with van der Waals surface area (Å²) in [5.41, 5.74) is 2.41. The smallest absolute Gasteiger partial charge is 0.280 e. The number of ether oxygens (including phenoxy) is 1. The number of anilines is 4. The van der Waals surface area contributed by atoms with Crippen LogP contribution in [0.2, 0.25) is 0 Å². The monoisotopic (exact) mass is 797 g/mol. The van der Waals surface area contributed by atoms with Crippen LogP contribution in [0.5, 0.6) is 0 Å². The molecule has 1 aliphatic rings. The lowest BCUT2D eigenvalue weighted by Crippen LogP contribution is -2.27. The van der Waals surface area contributed by atoms with Gasteiger partial charge in [-0.05, 0) is 36.8 Å². The van der Waals surface area contributed by atoms with Gasteiger partial charge in [0.05, 0.1) is 36.1 Å². The molecule has 0 aliphatic carbocycles. The third-order valence-electron chi connectivity index (χ3n) is 9.72. The molecule has 0 bridgehead atoms. The number of hydrogen-bond acceptors (Lipinski definition) is 11. The maximum absolute atomic E-state index is 13.3. The molecule has 6 aromatic rings. The molecule has 0 saturated carbocycles. The highest BCUT2D eigenvalue weighted by Crippen LogP contribution is 2.30. The van der Waals surface area contributed by atoms with E-state index in [0.29, 0.717) is 41.4 Å². The van der Waals surface area contributed by atoms with E-state index in [-0.39, 0.29) is 59.9 Å². The number of nitrogens with one attached hydrogen (secondary N) is 6. The zero-order valence-corrected chi connectivity index (χ0v) is 32.0. The Hall–Kier alpha value is -6.97. The Morgan fingerprint density at radius 2 is 1.40 bits per heavy atom. The van der Waals surface area contributed by atoms with E-state index in [0.717, 1.165) is 0 Å². The Labute approximate surface area is 329 Å². The molecule has 7 heterocycles. The topological polar surface area (TPSA) is 261 Å². The average molecular weight is 798 g/mol. The van der Waals surface area contributed by atoms with Crippen molar-refractivity contribution in [2.45, 2.75) is 31.3 Å². The van der Waals surface area contributed by atoms with Crippen LogP contribution < -0.4 is 32.1 Å². The first kappa shape index (κ1) is 39.3. The summed E-state index contributed by atoms with van der Waals surface area (Å²) < 4.78 is 13.7. The van der Waals surface area contributed by atoms with Gasteiger partial charge in [0, 0.05) is 72.5 Å². The highest BCUT2D eigenvalue weighted by Gasteiger charge is 2.35. The number of aliphatic hydroxyl groups excluding tert-OH is 2. The summed E-state index contributed by atoms with van der Waals surface area (Å²) in [5.74, 6) is -1.40. The second-order valence-electron chi connectivity index (χ2n) is 13.9. The van der Waals surface area contributed by atoms with Gasteiger partial charge in [-0.25, -0.2) is 4.98 Å². The van der Waals surface area contributed by atoms with Gasteiger partial charge in [-0.3, -0.25) is 33.5 Å². The van der Waals surface area contributed by atoms with Gasteiger partial charge in [-0.15, -0.1) is 0 Å². The second-order valence-corrected chi connectivity index (χ2v) is 13.9. The fourth-order valence-corrected chi connectivity index (χ4v) is 6.72. The second kappa shape index (κ2) is 16.3. The number of carbonyl (C=O) groups excluding carboxylic acids is 4. The number of amides is 4. The summed E-state index contributed by atoms with van der Waals surface area (Å²) in [6, 6.07) is 8.08. The number of hydrogen-bond donors (Lipinski definition) is 8. The minimum atomic E-state index is -0.866. The van der Waals surface area contributed by atoms with Crippen molar-refractivity contribution in [2.24, 2.45) is 28.2 Å². The maximum Gasteiger partial charge on any atom is 0.280 e. The van der Waals surface area contributed by atoms with Gasteiger partial charge >= 0.3 is 0 Å². The van der Waals surface area contributed by atoms with Crippen LogP contribution in [-0.2, 0) is 32.9 Å². The van der Waals surface area contributed by atoms with Gasteiger partial charge in [0.2, 0.25) is 5.95 Å². The average Bonchev–Trinajstić information content (AvgIpc) is 4.04. The molecule has 0 aromatic carbocycles. The van der Waals surface area contributed by atoms with Crippen LogP contribution in [0.4, 0.5) is 23.0 Å². The summed E-state index contributed by atoms with van der Waals surface area (Å²) in [7, 11) is 6.78. The molecule has 0 spiro atoms. The van der Waals surface area contributed by atoms with Crippen molar-refractivity contribution in [1.82, 2.24) is 43.1 Å². The predicted molar refractivity (Wildman–Crippen MR) is 211 cm³/mol. The zero-order valence-electron chi connectivity index (χ0n) is 32.0. The molecule has 7 rings (SSSR count). The van der Waals surface area contributed by atoms with Crippen molar-refractivity contribution in [2.75, 3.05) is 41.0 Å². The van der Waals surface area contributed by atoms with Crippen LogP contribution >= 0.6 is 0 Å². The molecule has 1 aliphatic heterocycles. The molecule has 1 saturated heterocycles. The number of rotatable bonds is 14. The first-order valence-electron chi connectivity index (χ1n) is 18.3. The van der Waals surface area contributed by atoms with Crippen molar-refractivity contribution >= 4 is 57.8 Å². The fraction of sp³-hybridized carbons (Fsp3) is 0.324. The number of carbonyl (C=O) groups is 4. The molecule has 3 atom stereocenters. The minimum Gasteiger partial charge on any atom is -0.394 e. The standard InChI is InChI=1S/C37H43N13O8/c1-46-10-5-7-23(46)33(54)41-21-12-25(48(3)16-21)35(56)43-22-13-26(49(4)17-22)34(55)42-20-11-24(47(2)15-20)32(53)38-8-6-9-39-37-44-31-30(36(57)45-37)40-19-50(31)29-14-27(52)28(18-51)58-29/h5,7,10-13,15-17,19,27-29,51-52H,6,8-9,14,18H2,1-4H3,(H,38,53)(H,41,54)(H,42,55)(H,43,56)(H2,39,44,45,57)/t27?,28-,29-/m1/s1. The molecule has 1 unspecified atom stereocenters. The van der Waals surface area contributed by atoms with Crippen molar-refractivity contribution in [3.8, 4) is 0 Å². The van der Waals surface area contributed by atoms with Crippen molar-refractivity contribution in [1.29, 1.82) is 0 Å². The lowest BCUT2D eigenvalue weighted by atomic mass is 10.2. The highest BCUT2D eigenvalue weighted by atomic mass is 16.5. The Bertz CT molecular complexity index is 2570. The Balaban J connectivity index is 0.893. The van der Waals surface area contributed by atoms with E-state index in [4.69, 9.17) is 4.74 Å². The number of nitrogens with zero attached hydrogens (tertiary/aromatic N) is 7. The van der Waals surface area contributed by atoms with Gasteiger partial charge in [-0.1, -0.05) is 0 Å². The molecule has 21 heteroatoms. The zero-order chi connectivity index (χ0) is 41.2. The number of aromatic amines is 1. The third-order valence-corrected chi connectivity index (χ3v) is 9.72. The molecule has 6 aromatic heterocycles. The minimum absolute atomic E-state index is 0.102. The van der Waals surface area contributed by atoms with E-state index in [1.807, 2.05) is 0 Å². The first-order chi connectivity index (χ1) is 27.8. The van der Waals surface area contributed by atoms with E-state index in [9.17, 15) is 34.2 Å². The molecule has 21 nitrogen and oxygen atoms in total. The van der Waals surface area contributed by atoms with E-state index in [2.05, 4.69) is 41.5 Å². The van der Waals surface area contributed by atoms with Crippen molar-refractivity contribution in [3.63, 3.8) is 0 Å². The largest absolute Gasteiger partial charge is 0.394 e.